The maximum atomic E-state index is 11.4. The summed E-state index contributed by atoms with van der Waals surface area (Å²) < 4.78 is 4.69. The molecule has 1 unspecified atom stereocenters. The molecular weight excluding hydrogens is 228 g/mol. The van der Waals surface area contributed by atoms with E-state index in [1.165, 1.54) is 39.2 Å². The topological polar surface area (TPSA) is 46.5 Å². The second kappa shape index (κ2) is 7.78. The summed E-state index contributed by atoms with van der Waals surface area (Å²) in [5, 5.41) is 10.5. The molecule has 0 aromatic carbocycles. The van der Waals surface area contributed by atoms with Crippen molar-refractivity contribution in [2.75, 3.05) is 7.11 Å². The summed E-state index contributed by atoms with van der Waals surface area (Å²) in [7, 11) is 1.38. The summed E-state index contributed by atoms with van der Waals surface area (Å²) in [4.78, 5) is 11.4. The molecule has 0 spiro atoms. The molecule has 0 aromatic heterocycles. The summed E-state index contributed by atoms with van der Waals surface area (Å²) in [6, 6.07) is 0. The average molecular weight is 256 g/mol. The molecule has 1 rings (SSSR count). The number of carbonyl (C=O) groups is 1. The van der Waals surface area contributed by atoms with Crippen molar-refractivity contribution >= 4 is 5.97 Å². The number of aliphatic hydroxyl groups is 1. The largest absolute Gasteiger partial charge is 0.469 e. The Bertz CT molecular complexity index is 246. The number of carbonyl (C=O) groups excluding carboxylic acids is 1. The molecule has 1 N–H and O–H groups in total. The normalized spacial score (nSPS) is 20.4. The first-order valence-corrected chi connectivity index (χ1v) is 7.39. The summed E-state index contributed by atoms with van der Waals surface area (Å²) in [6.45, 7) is 2.04. The Morgan fingerprint density at radius 1 is 1.28 bits per heavy atom. The van der Waals surface area contributed by atoms with Crippen LogP contribution in [0.3, 0.4) is 0 Å². The third-order valence-corrected chi connectivity index (χ3v) is 4.16. The summed E-state index contributed by atoms with van der Waals surface area (Å²) >= 11 is 0. The summed E-state index contributed by atoms with van der Waals surface area (Å²) in [6.07, 6.45) is 10.1. The predicted molar refractivity (Wildman–Crippen MR) is 72.3 cm³/mol. The number of rotatable bonds is 7. The van der Waals surface area contributed by atoms with Crippen LogP contribution in [0.4, 0.5) is 0 Å². The molecule has 18 heavy (non-hydrogen) atoms. The highest BCUT2D eigenvalue weighted by molar-refractivity contribution is 5.70. The fourth-order valence-electron chi connectivity index (χ4n) is 3.06. The third-order valence-electron chi connectivity index (χ3n) is 4.16. The zero-order valence-corrected chi connectivity index (χ0v) is 11.9. The summed E-state index contributed by atoms with van der Waals surface area (Å²) in [5.41, 5.74) is -0.848. The molecule has 0 aliphatic heterocycles. The van der Waals surface area contributed by atoms with Crippen molar-refractivity contribution in [1.82, 2.24) is 0 Å². The minimum absolute atomic E-state index is 0.143. The molecule has 1 fully saturated rings. The van der Waals surface area contributed by atoms with Crippen LogP contribution in [0.15, 0.2) is 0 Å². The van der Waals surface area contributed by atoms with Crippen molar-refractivity contribution in [2.24, 2.45) is 5.92 Å². The van der Waals surface area contributed by atoms with E-state index in [0.717, 1.165) is 25.2 Å². The van der Waals surface area contributed by atoms with Crippen LogP contribution >= 0.6 is 0 Å². The molecule has 0 heterocycles. The van der Waals surface area contributed by atoms with Crippen LogP contribution in [0, 0.1) is 5.92 Å². The molecule has 3 heteroatoms. The van der Waals surface area contributed by atoms with Crippen molar-refractivity contribution in [3.63, 3.8) is 0 Å². The first kappa shape index (κ1) is 15.5. The maximum Gasteiger partial charge on any atom is 0.308 e. The number of methoxy groups -OCH3 is 1. The standard InChI is InChI=1S/C15H28O3/c1-3-10-15(17,12-14(16)18-2)11-9-13-7-5-4-6-8-13/h13,17H,3-12H2,1-2H3. The Kier molecular flexibility index (Phi) is 6.69. The van der Waals surface area contributed by atoms with Gasteiger partial charge in [-0.2, -0.15) is 0 Å². The second-order valence-corrected chi connectivity index (χ2v) is 5.77. The van der Waals surface area contributed by atoms with E-state index in [9.17, 15) is 9.90 Å². The molecule has 3 nitrogen and oxygen atoms in total. The van der Waals surface area contributed by atoms with Gasteiger partial charge in [0.25, 0.3) is 0 Å². The van der Waals surface area contributed by atoms with E-state index in [4.69, 9.17) is 0 Å². The zero-order chi connectivity index (χ0) is 13.4. The van der Waals surface area contributed by atoms with E-state index < -0.39 is 5.60 Å². The fraction of sp³-hybridized carbons (Fsp3) is 0.933. The molecule has 0 bridgehead atoms. The zero-order valence-electron chi connectivity index (χ0n) is 11.9. The molecule has 1 saturated carbocycles. The van der Waals surface area contributed by atoms with E-state index in [0.29, 0.717) is 6.42 Å². The molecular formula is C15H28O3. The van der Waals surface area contributed by atoms with Gasteiger partial charge in [-0.05, 0) is 25.2 Å². The highest BCUT2D eigenvalue weighted by Gasteiger charge is 2.30. The average Bonchev–Trinajstić information content (AvgIpc) is 2.38. The lowest BCUT2D eigenvalue weighted by Crippen LogP contribution is -2.33. The number of hydrogen-bond donors (Lipinski definition) is 1. The quantitative estimate of drug-likeness (QED) is 0.710. The Balaban J connectivity index is 2.42. The molecule has 0 saturated heterocycles. The van der Waals surface area contributed by atoms with Crippen LogP contribution in [0.5, 0.6) is 0 Å². The molecule has 106 valence electrons. The van der Waals surface area contributed by atoms with Gasteiger partial charge in [0.1, 0.15) is 0 Å². The van der Waals surface area contributed by atoms with Gasteiger partial charge >= 0.3 is 5.97 Å². The van der Waals surface area contributed by atoms with Gasteiger partial charge in [-0.25, -0.2) is 0 Å². The van der Waals surface area contributed by atoms with Crippen molar-refractivity contribution in [3.8, 4) is 0 Å². The van der Waals surface area contributed by atoms with Crippen molar-refractivity contribution < 1.29 is 14.6 Å². The molecule has 1 aliphatic carbocycles. The number of hydrogen-bond acceptors (Lipinski definition) is 3. The highest BCUT2D eigenvalue weighted by Crippen LogP contribution is 2.32. The predicted octanol–water partition coefficient (Wildman–Crippen LogP) is 3.44. The van der Waals surface area contributed by atoms with E-state index >= 15 is 0 Å². The lowest BCUT2D eigenvalue weighted by atomic mass is 9.81. The highest BCUT2D eigenvalue weighted by atomic mass is 16.5. The van der Waals surface area contributed by atoms with Gasteiger partial charge in [0, 0.05) is 0 Å². The SMILES string of the molecule is CCCC(O)(CCC1CCCCC1)CC(=O)OC. The van der Waals surface area contributed by atoms with Gasteiger partial charge < -0.3 is 9.84 Å². The van der Waals surface area contributed by atoms with Crippen LogP contribution in [0.1, 0.15) is 71.1 Å². The van der Waals surface area contributed by atoms with Gasteiger partial charge in [-0.3, -0.25) is 4.79 Å². The third kappa shape index (κ3) is 5.38. The lowest BCUT2D eigenvalue weighted by Gasteiger charge is -2.30. The van der Waals surface area contributed by atoms with E-state index in [-0.39, 0.29) is 12.4 Å². The maximum absolute atomic E-state index is 11.4. The Labute approximate surface area is 111 Å². The molecule has 1 aliphatic rings. The van der Waals surface area contributed by atoms with E-state index in [2.05, 4.69) is 4.74 Å². The Morgan fingerprint density at radius 2 is 1.94 bits per heavy atom. The van der Waals surface area contributed by atoms with Gasteiger partial charge in [0.2, 0.25) is 0 Å². The lowest BCUT2D eigenvalue weighted by molar-refractivity contribution is -0.147. The van der Waals surface area contributed by atoms with Gasteiger partial charge in [0.15, 0.2) is 0 Å². The van der Waals surface area contributed by atoms with E-state index in [1.54, 1.807) is 0 Å². The first-order chi connectivity index (χ1) is 8.59. The molecule has 0 aromatic rings. The van der Waals surface area contributed by atoms with Gasteiger partial charge in [0.05, 0.1) is 19.1 Å². The monoisotopic (exact) mass is 256 g/mol. The van der Waals surface area contributed by atoms with Crippen LogP contribution in [0.2, 0.25) is 0 Å². The van der Waals surface area contributed by atoms with Gasteiger partial charge in [-0.15, -0.1) is 0 Å². The first-order valence-electron chi connectivity index (χ1n) is 7.39. The summed E-state index contributed by atoms with van der Waals surface area (Å²) in [5.74, 6) is 0.453. The minimum atomic E-state index is -0.848. The van der Waals surface area contributed by atoms with Gasteiger partial charge in [-0.1, -0.05) is 45.4 Å². The molecule has 1 atom stereocenters. The minimum Gasteiger partial charge on any atom is -0.469 e. The van der Waals surface area contributed by atoms with Crippen molar-refractivity contribution in [1.29, 1.82) is 0 Å². The van der Waals surface area contributed by atoms with Crippen LogP contribution in [-0.4, -0.2) is 23.8 Å². The Hall–Kier alpha value is -0.570. The van der Waals surface area contributed by atoms with Crippen molar-refractivity contribution in [3.05, 3.63) is 0 Å². The van der Waals surface area contributed by atoms with Crippen LogP contribution in [-0.2, 0) is 9.53 Å². The number of esters is 1. The fourth-order valence-corrected chi connectivity index (χ4v) is 3.06. The molecule has 0 amide bonds. The smallest absolute Gasteiger partial charge is 0.308 e. The van der Waals surface area contributed by atoms with E-state index in [1.807, 2.05) is 6.92 Å². The van der Waals surface area contributed by atoms with Crippen LogP contribution < -0.4 is 0 Å². The van der Waals surface area contributed by atoms with Crippen molar-refractivity contribution in [2.45, 2.75) is 76.7 Å². The Morgan fingerprint density at radius 3 is 2.50 bits per heavy atom. The second-order valence-electron chi connectivity index (χ2n) is 5.77. The molecule has 0 radical (unpaired) electrons. The van der Waals surface area contributed by atoms with Crippen LogP contribution in [0.25, 0.3) is 0 Å². The number of ether oxygens (including phenoxy) is 1.